The van der Waals surface area contributed by atoms with E-state index in [9.17, 15) is 9.59 Å². The van der Waals surface area contributed by atoms with E-state index in [1.54, 1.807) is 0 Å². The molecule has 0 radical (unpaired) electrons. The Morgan fingerprint density at radius 3 is 3.00 bits per heavy atom. The molecule has 1 fully saturated rings. The van der Waals surface area contributed by atoms with Crippen molar-refractivity contribution >= 4 is 11.6 Å². The summed E-state index contributed by atoms with van der Waals surface area (Å²) in [5.74, 6) is -0.531. The highest BCUT2D eigenvalue weighted by atomic mass is 16.4. The molecule has 0 amide bonds. The third kappa shape index (κ3) is 1.71. The monoisotopic (exact) mass is 233 g/mol. The highest BCUT2D eigenvalue weighted by Crippen LogP contribution is 2.39. The second-order valence-corrected chi connectivity index (χ2v) is 4.34. The fourth-order valence-corrected chi connectivity index (χ4v) is 1.90. The summed E-state index contributed by atoms with van der Waals surface area (Å²) in [6.07, 6.45) is 3.30. The van der Waals surface area contributed by atoms with Gasteiger partial charge < -0.3 is 5.11 Å². The van der Waals surface area contributed by atoms with Gasteiger partial charge in [0.1, 0.15) is 0 Å². The van der Waals surface area contributed by atoms with Crippen LogP contribution in [0.5, 0.6) is 0 Å². The molecular weight excluding hydrogens is 222 g/mol. The molecule has 1 aliphatic carbocycles. The van der Waals surface area contributed by atoms with Gasteiger partial charge in [-0.25, -0.2) is 9.50 Å². The summed E-state index contributed by atoms with van der Waals surface area (Å²) < 4.78 is 1.33. The van der Waals surface area contributed by atoms with Gasteiger partial charge in [-0.2, -0.15) is 0 Å². The maximum atomic E-state index is 11.9. The number of carboxylic acids is 1. The van der Waals surface area contributed by atoms with Gasteiger partial charge in [-0.15, -0.1) is 0 Å². The zero-order valence-electron chi connectivity index (χ0n) is 9.01. The van der Waals surface area contributed by atoms with Crippen LogP contribution in [0.2, 0.25) is 0 Å². The molecule has 2 aromatic rings. The van der Waals surface area contributed by atoms with Crippen molar-refractivity contribution in [3.63, 3.8) is 0 Å². The average Bonchev–Trinajstić information content (AvgIpc) is 3.02. The second-order valence-electron chi connectivity index (χ2n) is 4.34. The van der Waals surface area contributed by atoms with Gasteiger partial charge in [-0.05, 0) is 12.8 Å². The molecule has 17 heavy (non-hydrogen) atoms. The largest absolute Gasteiger partial charge is 0.481 e. The molecule has 88 valence electrons. The molecule has 1 saturated carbocycles. The molecule has 2 aromatic heterocycles. The van der Waals surface area contributed by atoms with Gasteiger partial charge in [0.15, 0.2) is 5.65 Å². The summed E-state index contributed by atoms with van der Waals surface area (Å²) in [6, 6.07) is 1.85. The third-order valence-corrected chi connectivity index (χ3v) is 2.94. The quantitative estimate of drug-likeness (QED) is 0.809. The minimum Gasteiger partial charge on any atom is -0.481 e. The molecule has 3 rings (SSSR count). The zero-order chi connectivity index (χ0) is 12.0. The van der Waals surface area contributed by atoms with Crippen molar-refractivity contribution in [3.8, 4) is 0 Å². The molecular formula is C11H11N3O3. The van der Waals surface area contributed by atoms with Crippen LogP contribution in [-0.4, -0.2) is 25.7 Å². The highest BCUT2D eigenvalue weighted by Gasteiger charge is 2.26. The molecule has 2 N–H and O–H groups in total. The van der Waals surface area contributed by atoms with E-state index < -0.39 is 5.97 Å². The first-order valence-corrected chi connectivity index (χ1v) is 5.46. The van der Waals surface area contributed by atoms with E-state index in [0.29, 0.717) is 11.6 Å². The smallest absolute Gasteiger partial charge is 0.308 e. The van der Waals surface area contributed by atoms with Crippen LogP contribution in [0.25, 0.3) is 5.65 Å². The summed E-state index contributed by atoms with van der Waals surface area (Å²) in [6.45, 7) is 0. The normalized spacial score (nSPS) is 15.3. The fourth-order valence-electron chi connectivity index (χ4n) is 1.90. The lowest BCUT2D eigenvalue weighted by Crippen LogP contribution is -2.21. The van der Waals surface area contributed by atoms with Gasteiger partial charge in [0, 0.05) is 29.4 Å². The Morgan fingerprint density at radius 1 is 1.59 bits per heavy atom. The van der Waals surface area contributed by atoms with Crippen molar-refractivity contribution in [2.75, 3.05) is 0 Å². The topological polar surface area (TPSA) is 87.5 Å². The number of carboxylic acid groups (broad SMARTS) is 1. The molecule has 0 spiro atoms. The number of aromatic amines is 1. The van der Waals surface area contributed by atoms with E-state index >= 15 is 0 Å². The number of aliphatic carboxylic acids is 1. The van der Waals surface area contributed by atoms with E-state index in [-0.39, 0.29) is 17.5 Å². The Hall–Kier alpha value is -2.11. The molecule has 6 heteroatoms. The lowest BCUT2D eigenvalue weighted by atomic mass is 10.2. The van der Waals surface area contributed by atoms with Crippen molar-refractivity contribution in [3.05, 3.63) is 33.9 Å². The molecule has 6 nitrogen and oxygen atoms in total. The summed E-state index contributed by atoms with van der Waals surface area (Å²) in [5.41, 5.74) is 1.41. The molecule has 0 unspecified atom stereocenters. The van der Waals surface area contributed by atoms with Crippen LogP contribution in [0, 0.1) is 0 Å². The first-order valence-electron chi connectivity index (χ1n) is 5.46. The SMILES string of the molecule is O=C(O)Cc1cnc2cc(C3CC3)[nH]n2c1=O. The number of H-pyrrole nitrogens is 1. The van der Waals surface area contributed by atoms with Crippen molar-refractivity contribution in [2.45, 2.75) is 25.2 Å². The number of nitrogens with zero attached hydrogens (tertiary/aromatic N) is 2. The van der Waals surface area contributed by atoms with Crippen molar-refractivity contribution in [2.24, 2.45) is 0 Å². The maximum Gasteiger partial charge on any atom is 0.308 e. The zero-order valence-corrected chi connectivity index (χ0v) is 9.01. The van der Waals surface area contributed by atoms with Gasteiger partial charge >= 0.3 is 5.97 Å². The van der Waals surface area contributed by atoms with Crippen LogP contribution in [-0.2, 0) is 11.2 Å². The molecule has 2 heterocycles. The fraction of sp³-hybridized carbons (Fsp3) is 0.364. The number of rotatable bonds is 3. The van der Waals surface area contributed by atoms with E-state index in [0.717, 1.165) is 18.5 Å². The van der Waals surface area contributed by atoms with Crippen LogP contribution in [0.4, 0.5) is 0 Å². The van der Waals surface area contributed by atoms with Crippen LogP contribution in [0.1, 0.15) is 30.0 Å². The summed E-state index contributed by atoms with van der Waals surface area (Å²) in [4.78, 5) is 26.6. The third-order valence-electron chi connectivity index (χ3n) is 2.94. The summed E-state index contributed by atoms with van der Waals surface area (Å²) in [5, 5.41) is 11.7. The van der Waals surface area contributed by atoms with Crippen LogP contribution >= 0.6 is 0 Å². The van der Waals surface area contributed by atoms with E-state index in [1.807, 2.05) is 6.07 Å². The van der Waals surface area contributed by atoms with E-state index in [2.05, 4.69) is 10.1 Å². The van der Waals surface area contributed by atoms with Crippen LogP contribution < -0.4 is 5.56 Å². The molecule has 0 bridgehead atoms. The predicted octanol–water partition coefficient (Wildman–Crippen LogP) is 0.527. The molecule has 0 aliphatic heterocycles. The number of aromatic nitrogens is 3. The maximum absolute atomic E-state index is 11.9. The first kappa shape index (κ1) is 10.1. The average molecular weight is 233 g/mol. The van der Waals surface area contributed by atoms with Gasteiger partial charge in [-0.1, -0.05) is 0 Å². The Labute approximate surface area is 95.9 Å². The predicted molar refractivity (Wildman–Crippen MR) is 59.1 cm³/mol. The molecule has 0 saturated heterocycles. The Kier molecular flexibility index (Phi) is 2.04. The lowest BCUT2D eigenvalue weighted by molar-refractivity contribution is -0.136. The van der Waals surface area contributed by atoms with Crippen LogP contribution in [0.3, 0.4) is 0 Å². The van der Waals surface area contributed by atoms with Gasteiger partial charge in [0.2, 0.25) is 0 Å². The Morgan fingerprint density at radius 2 is 2.35 bits per heavy atom. The summed E-state index contributed by atoms with van der Waals surface area (Å²) in [7, 11) is 0. The van der Waals surface area contributed by atoms with E-state index in [1.165, 1.54) is 10.7 Å². The molecule has 0 aromatic carbocycles. The first-order chi connectivity index (χ1) is 8.15. The lowest BCUT2D eigenvalue weighted by Gasteiger charge is -1.97. The standard InChI is InChI=1S/C11H11N3O3/c15-10(16)3-7-5-12-9-4-8(6-1-2-6)13-14(9)11(7)17/h4-6,13H,1-3H2,(H,15,16). The number of hydrogen-bond acceptors (Lipinski definition) is 3. The Balaban J connectivity index is 2.12. The van der Waals surface area contributed by atoms with Crippen LogP contribution in [0.15, 0.2) is 17.1 Å². The number of carbonyl (C=O) groups is 1. The van der Waals surface area contributed by atoms with Gasteiger partial charge in [-0.3, -0.25) is 14.7 Å². The minimum atomic E-state index is -1.03. The number of hydrogen-bond donors (Lipinski definition) is 2. The van der Waals surface area contributed by atoms with Crippen molar-refractivity contribution < 1.29 is 9.90 Å². The van der Waals surface area contributed by atoms with Crippen molar-refractivity contribution in [1.82, 2.24) is 14.6 Å². The number of nitrogens with one attached hydrogen (secondary N) is 1. The molecule has 0 atom stereocenters. The van der Waals surface area contributed by atoms with Gasteiger partial charge in [0.25, 0.3) is 5.56 Å². The van der Waals surface area contributed by atoms with Gasteiger partial charge in [0.05, 0.1) is 6.42 Å². The second kappa shape index (κ2) is 3.44. The minimum absolute atomic E-state index is 0.194. The number of fused-ring (bicyclic) bond motifs is 1. The highest BCUT2D eigenvalue weighted by molar-refractivity contribution is 5.70. The Bertz CT molecular complexity index is 652. The van der Waals surface area contributed by atoms with E-state index in [4.69, 9.17) is 5.11 Å². The summed E-state index contributed by atoms with van der Waals surface area (Å²) >= 11 is 0. The van der Waals surface area contributed by atoms with Crippen molar-refractivity contribution in [1.29, 1.82) is 0 Å². The molecule has 1 aliphatic rings.